The molecule has 4 nitrogen and oxygen atoms in total. The summed E-state index contributed by atoms with van der Waals surface area (Å²) in [5.74, 6) is 0. The second kappa shape index (κ2) is 2.52. The third-order valence-corrected chi connectivity index (χ3v) is 2.40. The highest BCUT2D eigenvalue weighted by Gasteiger charge is 2.06. The van der Waals surface area contributed by atoms with Crippen LogP contribution < -0.4 is 0 Å². The van der Waals surface area contributed by atoms with E-state index in [0.717, 1.165) is 21.5 Å². The Morgan fingerprint density at radius 1 is 1.33 bits per heavy atom. The zero-order valence-corrected chi connectivity index (χ0v) is 8.33. The molecule has 0 aliphatic rings. The van der Waals surface area contributed by atoms with E-state index in [9.17, 15) is 0 Å². The van der Waals surface area contributed by atoms with E-state index in [1.165, 1.54) is 0 Å². The molecule has 0 saturated carbocycles. The Labute approximate surface area is 77.7 Å². The van der Waals surface area contributed by atoms with Crippen LogP contribution in [0.2, 0.25) is 0 Å². The van der Waals surface area contributed by atoms with Gasteiger partial charge in [0.1, 0.15) is 0 Å². The minimum absolute atomic E-state index is 0.762. The number of aromatic nitrogens is 4. The largest absolute Gasteiger partial charge is 0.215 e. The van der Waals surface area contributed by atoms with Gasteiger partial charge < -0.3 is 0 Å². The predicted octanol–water partition coefficient (Wildman–Crippen LogP) is 1.50. The lowest BCUT2D eigenvalue weighted by atomic mass is 10.4. The summed E-state index contributed by atoms with van der Waals surface area (Å²) in [6.07, 6.45) is 1.72. The molecule has 0 N–H and O–H groups in total. The van der Waals surface area contributed by atoms with E-state index in [1.807, 2.05) is 13.8 Å². The Hall–Kier alpha value is -0.970. The lowest BCUT2D eigenvalue weighted by molar-refractivity contribution is 0.823. The van der Waals surface area contributed by atoms with Crippen molar-refractivity contribution < 1.29 is 0 Å². The first kappa shape index (κ1) is 7.67. The Morgan fingerprint density at radius 3 is 2.83 bits per heavy atom. The average molecular weight is 227 g/mol. The Kier molecular flexibility index (Phi) is 1.61. The van der Waals surface area contributed by atoms with Gasteiger partial charge in [-0.2, -0.15) is 10.2 Å². The van der Waals surface area contributed by atoms with Gasteiger partial charge in [-0.3, -0.25) is 0 Å². The maximum absolute atomic E-state index is 4.15. The second-order valence-corrected chi connectivity index (χ2v) is 3.45. The summed E-state index contributed by atoms with van der Waals surface area (Å²) in [6, 6.07) is 0. The van der Waals surface area contributed by atoms with Crippen molar-refractivity contribution in [3.05, 3.63) is 22.1 Å². The fraction of sp³-hybridized carbons (Fsp3) is 0.286. The molecular weight excluding hydrogens is 220 g/mol. The molecule has 0 aliphatic heterocycles. The number of fused-ring (bicyclic) bond motifs is 1. The predicted molar refractivity (Wildman–Crippen MR) is 48.0 cm³/mol. The molecule has 0 spiro atoms. The number of hydrogen-bond acceptors (Lipinski definition) is 3. The lowest BCUT2D eigenvalue weighted by Crippen LogP contribution is -2.01. The van der Waals surface area contributed by atoms with Gasteiger partial charge in [0.25, 0.3) is 0 Å². The quantitative estimate of drug-likeness (QED) is 0.684. The average Bonchev–Trinajstić information content (AvgIpc) is 2.41. The zero-order valence-electron chi connectivity index (χ0n) is 6.74. The highest BCUT2D eigenvalue weighted by molar-refractivity contribution is 9.10. The highest BCUT2D eigenvalue weighted by Crippen LogP contribution is 2.15. The van der Waals surface area contributed by atoms with E-state index in [1.54, 1.807) is 10.7 Å². The molecule has 62 valence electrons. The van der Waals surface area contributed by atoms with Crippen LogP contribution >= 0.6 is 15.9 Å². The van der Waals surface area contributed by atoms with Crippen LogP contribution in [0.1, 0.15) is 11.4 Å². The normalized spacial score (nSPS) is 10.9. The van der Waals surface area contributed by atoms with E-state index < -0.39 is 0 Å². The SMILES string of the molecule is Cc1nnc2c(Br)cnn2c1C. The molecule has 12 heavy (non-hydrogen) atoms. The second-order valence-electron chi connectivity index (χ2n) is 2.60. The van der Waals surface area contributed by atoms with Crippen LogP contribution in [0.3, 0.4) is 0 Å². The molecular formula is C7H7BrN4. The molecule has 0 amide bonds. The van der Waals surface area contributed by atoms with Gasteiger partial charge >= 0.3 is 0 Å². The van der Waals surface area contributed by atoms with Crippen LogP contribution in [0.25, 0.3) is 5.65 Å². The van der Waals surface area contributed by atoms with Gasteiger partial charge in [0.15, 0.2) is 5.65 Å². The monoisotopic (exact) mass is 226 g/mol. The lowest BCUT2D eigenvalue weighted by Gasteiger charge is -1.99. The van der Waals surface area contributed by atoms with Gasteiger partial charge in [0.2, 0.25) is 0 Å². The summed E-state index contributed by atoms with van der Waals surface area (Å²) in [4.78, 5) is 0. The van der Waals surface area contributed by atoms with Crippen molar-refractivity contribution in [3.63, 3.8) is 0 Å². The first-order valence-electron chi connectivity index (χ1n) is 3.53. The summed E-state index contributed by atoms with van der Waals surface area (Å²) in [5.41, 5.74) is 2.68. The molecule has 0 saturated heterocycles. The molecule has 2 heterocycles. The fourth-order valence-electron chi connectivity index (χ4n) is 1.01. The van der Waals surface area contributed by atoms with E-state index in [-0.39, 0.29) is 0 Å². The number of halogens is 1. The van der Waals surface area contributed by atoms with E-state index in [0.29, 0.717) is 0 Å². The van der Waals surface area contributed by atoms with Crippen LogP contribution in [0.4, 0.5) is 0 Å². The smallest absolute Gasteiger partial charge is 0.191 e. The number of aryl methyl sites for hydroxylation is 2. The van der Waals surface area contributed by atoms with Crippen molar-refractivity contribution in [1.82, 2.24) is 19.8 Å². The molecule has 0 bridgehead atoms. The van der Waals surface area contributed by atoms with Gasteiger partial charge in [0.05, 0.1) is 22.1 Å². The third kappa shape index (κ3) is 0.929. The minimum Gasteiger partial charge on any atom is -0.215 e. The maximum Gasteiger partial charge on any atom is 0.191 e. The molecule has 5 heteroatoms. The van der Waals surface area contributed by atoms with Crippen molar-refractivity contribution in [1.29, 1.82) is 0 Å². The standard InChI is InChI=1S/C7H7BrN4/c1-4-5(2)12-7(11-10-4)6(8)3-9-12/h3H,1-2H3. The third-order valence-electron chi connectivity index (χ3n) is 1.84. The summed E-state index contributed by atoms with van der Waals surface area (Å²) in [5, 5.41) is 12.1. The molecule has 0 unspecified atom stereocenters. The molecule has 0 fully saturated rings. The van der Waals surface area contributed by atoms with Gasteiger partial charge in [-0.15, -0.1) is 5.10 Å². The first-order valence-corrected chi connectivity index (χ1v) is 4.32. The van der Waals surface area contributed by atoms with Crippen LogP contribution in [0, 0.1) is 13.8 Å². The van der Waals surface area contributed by atoms with Crippen molar-refractivity contribution in [3.8, 4) is 0 Å². The summed E-state index contributed by atoms with van der Waals surface area (Å²) in [7, 11) is 0. The van der Waals surface area contributed by atoms with Crippen LogP contribution in [0.5, 0.6) is 0 Å². The minimum atomic E-state index is 0.762. The zero-order chi connectivity index (χ0) is 8.72. The van der Waals surface area contributed by atoms with Crippen molar-refractivity contribution in [2.24, 2.45) is 0 Å². The van der Waals surface area contributed by atoms with Crippen LogP contribution in [-0.4, -0.2) is 19.8 Å². The fourth-order valence-corrected chi connectivity index (χ4v) is 1.34. The van der Waals surface area contributed by atoms with Gasteiger partial charge in [-0.1, -0.05) is 0 Å². The van der Waals surface area contributed by atoms with Crippen molar-refractivity contribution >= 4 is 21.6 Å². The van der Waals surface area contributed by atoms with E-state index >= 15 is 0 Å². The number of rotatable bonds is 0. The summed E-state index contributed by atoms with van der Waals surface area (Å²) >= 11 is 3.34. The molecule has 0 aliphatic carbocycles. The molecule has 2 aromatic heterocycles. The van der Waals surface area contributed by atoms with Crippen molar-refractivity contribution in [2.75, 3.05) is 0 Å². The molecule has 0 radical (unpaired) electrons. The van der Waals surface area contributed by atoms with E-state index in [2.05, 4.69) is 31.2 Å². The Bertz CT molecular complexity index is 434. The molecule has 2 aromatic rings. The van der Waals surface area contributed by atoms with E-state index in [4.69, 9.17) is 0 Å². The summed E-state index contributed by atoms with van der Waals surface area (Å²) < 4.78 is 2.64. The number of hydrogen-bond donors (Lipinski definition) is 0. The summed E-state index contributed by atoms with van der Waals surface area (Å²) in [6.45, 7) is 3.88. The molecule has 2 rings (SSSR count). The van der Waals surface area contributed by atoms with Gasteiger partial charge in [0, 0.05) is 0 Å². The first-order chi connectivity index (χ1) is 5.70. The Morgan fingerprint density at radius 2 is 2.08 bits per heavy atom. The Balaban J connectivity index is 2.93. The van der Waals surface area contributed by atoms with Crippen LogP contribution in [0.15, 0.2) is 10.7 Å². The number of nitrogens with zero attached hydrogens (tertiary/aromatic N) is 4. The molecule has 0 aromatic carbocycles. The van der Waals surface area contributed by atoms with Gasteiger partial charge in [-0.05, 0) is 29.8 Å². The molecule has 0 atom stereocenters. The van der Waals surface area contributed by atoms with Crippen LogP contribution in [-0.2, 0) is 0 Å². The van der Waals surface area contributed by atoms with Gasteiger partial charge in [-0.25, -0.2) is 4.52 Å². The topological polar surface area (TPSA) is 43.1 Å². The maximum atomic E-state index is 4.15. The van der Waals surface area contributed by atoms with Crippen molar-refractivity contribution in [2.45, 2.75) is 13.8 Å². The highest BCUT2D eigenvalue weighted by atomic mass is 79.9.